The van der Waals surface area contributed by atoms with Crippen molar-refractivity contribution in [3.63, 3.8) is 0 Å². The summed E-state index contributed by atoms with van der Waals surface area (Å²) in [4.78, 5) is 4.27. The van der Waals surface area contributed by atoms with Crippen molar-refractivity contribution in [2.45, 2.75) is 4.75 Å². The lowest BCUT2D eigenvalue weighted by atomic mass is 9.87. The Balaban J connectivity index is 2.10. The van der Waals surface area contributed by atoms with Crippen LogP contribution in [0.5, 0.6) is 0 Å². The van der Waals surface area contributed by atoms with Crippen LogP contribution < -0.4 is 11.1 Å². The van der Waals surface area contributed by atoms with Gasteiger partial charge in [-0.1, -0.05) is 30.0 Å². The van der Waals surface area contributed by atoms with Gasteiger partial charge in [-0.3, -0.25) is 4.99 Å². The fourth-order valence-electron chi connectivity index (χ4n) is 2.67. The summed E-state index contributed by atoms with van der Waals surface area (Å²) in [6.45, 7) is 2.30. The molecule has 0 bridgehead atoms. The Morgan fingerprint density at radius 3 is 3.12 bits per heavy atom. The molecule has 17 heavy (non-hydrogen) atoms. The minimum Gasteiger partial charge on any atom is -0.379 e. The largest absolute Gasteiger partial charge is 0.379 e. The van der Waals surface area contributed by atoms with Gasteiger partial charge in [-0.15, -0.1) is 0 Å². The molecule has 1 aromatic carbocycles. The molecule has 0 radical (unpaired) electrons. The van der Waals surface area contributed by atoms with Crippen LogP contribution in [0.15, 0.2) is 29.3 Å². The van der Waals surface area contributed by atoms with Gasteiger partial charge in [0.2, 0.25) is 0 Å². The average Bonchev–Trinajstić information content (AvgIpc) is 2.73. The monoisotopic (exact) mass is 251 g/mol. The van der Waals surface area contributed by atoms with Gasteiger partial charge in [-0.05, 0) is 6.07 Å². The van der Waals surface area contributed by atoms with Crippen LogP contribution >= 0.6 is 11.8 Å². The van der Waals surface area contributed by atoms with Gasteiger partial charge in [-0.2, -0.15) is 0 Å². The first-order valence-electron chi connectivity index (χ1n) is 5.67. The maximum Gasteiger partial charge on any atom is 0.154 e. The molecule has 3 N–H and O–H groups in total. The Labute approximate surface area is 104 Å². The van der Waals surface area contributed by atoms with Crippen LogP contribution in [0.25, 0.3) is 0 Å². The lowest BCUT2D eigenvalue weighted by Gasteiger charge is -2.36. The highest BCUT2D eigenvalue weighted by Crippen LogP contribution is 2.48. The molecular weight excluding hydrogens is 237 g/mol. The van der Waals surface area contributed by atoms with E-state index in [1.165, 1.54) is 17.8 Å². The molecule has 2 aliphatic heterocycles. The van der Waals surface area contributed by atoms with Gasteiger partial charge in [0.05, 0.1) is 4.75 Å². The third-order valence-corrected chi connectivity index (χ3v) is 4.92. The van der Waals surface area contributed by atoms with Crippen molar-refractivity contribution in [2.24, 2.45) is 16.6 Å². The van der Waals surface area contributed by atoms with E-state index < -0.39 is 0 Å². The van der Waals surface area contributed by atoms with E-state index in [4.69, 9.17) is 5.73 Å². The third kappa shape index (κ3) is 1.65. The quantitative estimate of drug-likeness (QED) is 0.791. The second-order valence-corrected chi connectivity index (χ2v) is 5.83. The molecule has 90 valence electrons. The molecule has 3 rings (SSSR count). The van der Waals surface area contributed by atoms with Crippen LogP contribution in [0, 0.1) is 11.7 Å². The second-order valence-electron chi connectivity index (χ2n) is 4.48. The number of halogens is 1. The van der Waals surface area contributed by atoms with E-state index in [-0.39, 0.29) is 10.6 Å². The van der Waals surface area contributed by atoms with Crippen molar-refractivity contribution in [1.29, 1.82) is 0 Å². The number of amidine groups is 1. The van der Waals surface area contributed by atoms with Crippen LogP contribution in [0.4, 0.5) is 4.39 Å². The summed E-state index contributed by atoms with van der Waals surface area (Å²) in [7, 11) is 0. The summed E-state index contributed by atoms with van der Waals surface area (Å²) in [5.74, 6) is 0.167. The molecule has 0 saturated carbocycles. The lowest BCUT2D eigenvalue weighted by molar-refractivity contribution is 0.463. The number of nitrogens with zero attached hydrogens (tertiary/aromatic N) is 1. The van der Waals surface area contributed by atoms with Crippen molar-refractivity contribution < 1.29 is 4.39 Å². The molecule has 2 heterocycles. The zero-order chi connectivity index (χ0) is 11.9. The first-order chi connectivity index (χ1) is 8.22. The normalized spacial score (nSPS) is 32.1. The highest BCUT2D eigenvalue weighted by molar-refractivity contribution is 8.14. The number of nitrogens with two attached hydrogens (primary N) is 1. The molecule has 1 fully saturated rings. The van der Waals surface area contributed by atoms with E-state index in [1.54, 1.807) is 6.07 Å². The van der Waals surface area contributed by atoms with Crippen LogP contribution in [0.2, 0.25) is 0 Å². The molecule has 0 aromatic heterocycles. The van der Waals surface area contributed by atoms with E-state index in [0.29, 0.717) is 17.6 Å². The van der Waals surface area contributed by atoms with E-state index in [1.807, 2.05) is 12.1 Å². The average molecular weight is 251 g/mol. The fraction of sp³-hybridized carbons (Fsp3) is 0.417. The van der Waals surface area contributed by atoms with Gasteiger partial charge >= 0.3 is 0 Å². The topological polar surface area (TPSA) is 50.4 Å². The van der Waals surface area contributed by atoms with Gasteiger partial charge in [0.15, 0.2) is 5.17 Å². The minimum absolute atomic E-state index is 0.150. The van der Waals surface area contributed by atoms with Crippen molar-refractivity contribution in [3.8, 4) is 0 Å². The molecule has 1 saturated heterocycles. The van der Waals surface area contributed by atoms with Gasteiger partial charge in [-0.25, -0.2) is 4.39 Å². The summed E-state index contributed by atoms with van der Waals surface area (Å²) in [6, 6.07) is 6.98. The van der Waals surface area contributed by atoms with Gasteiger partial charge < -0.3 is 11.1 Å². The standard InChI is InChI=1S/C12H14FN3S/c13-10-4-2-1-3-9(10)12-7-15-5-8(12)6-16-11(14)17-12/h1-4,8,15H,5-7H2,(H2,14,16)/t8-,12+/m1/s1. The Morgan fingerprint density at radius 1 is 1.47 bits per heavy atom. The third-order valence-electron chi connectivity index (χ3n) is 3.52. The molecule has 0 aliphatic carbocycles. The molecule has 5 heteroatoms. The lowest BCUT2D eigenvalue weighted by Crippen LogP contribution is -2.40. The number of benzene rings is 1. The smallest absolute Gasteiger partial charge is 0.154 e. The number of hydrogen-bond acceptors (Lipinski definition) is 4. The van der Waals surface area contributed by atoms with E-state index >= 15 is 0 Å². The zero-order valence-electron chi connectivity index (χ0n) is 9.32. The molecule has 3 nitrogen and oxygen atoms in total. The number of aliphatic imine (C=N–C) groups is 1. The van der Waals surface area contributed by atoms with Gasteiger partial charge in [0, 0.05) is 31.1 Å². The maximum atomic E-state index is 14.0. The van der Waals surface area contributed by atoms with E-state index in [0.717, 1.165) is 18.7 Å². The molecule has 0 unspecified atom stereocenters. The Morgan fingerprint density at radius 2 is 2.29 bits per heavy atom. The second kappa shape index (κ2) is 3.99. The Kier molecular flexibility index (Phi) is 2.60. The highest BCUT2D eigenvalue weighted by Gasteiger charge is 2.48. The molecule has 2 atom stereocenters. The summed E-state index contributed by atoms with van der Waals surface area (Å²) in [5, 5.41) is 3.90. The molecule has 0 amide bonds. The zero-order valence-corrected chi connectivity index (χ0v) is 10.1. The number of fused-ring (bicyclic) bond motifs is 1. The van der Waals surface area contributed by atoms with E-state index in [9.17, 15) is 4.39 Å². The summed E-state index contributed by atoms with van der Waals surface area (Å²) in [5.41, 5.74) is 6.57. The molecule has 1 aromatic rings. The minimum atomic E-state index is -0.281. The van der Waals surface area contributed by atoms with E-state index in [2.05, 4.69) is 10.3 Å². The first-order valence-corrected chi connectivity index (χ1v) is 6.49. The number of rotatable bonds is 1. The van der Waals surface area contributed by atoms with Crippen LogP contribution in [0.3, 0.4) is 0 Å². The summed E-state index contributed by atoms with van der Waals surface area (Å²) < 4.78 is 13.7. The van der Waals surface area contributed by atoms with Crippen molar-refractivity contribution in [2.75, 3.05) is 19.6 Å². The number of nitrogens with one attached hydrogen (secondary N) is 1. The summed E-state index contributed by atoms with van der Waals surface area (Å²) >= 11 is 1.50. The number of thioether (sulfide) groups is 1. The molecule has 0 spiro atoms. The van der Waals surface area contributed by atoms with Crippen molar-refractivity contribution in [1.82, 2.24) is 5.32 Å². The van der Waals surface area contributed by atoms with Crippen molar-refractivity contribution in [3.05, 3.63) is 35.6 Å². The van der Waals surface area contributed by atoms with Gasteiger partial charge in [0.25, 0.3) is 0 Å². The Bertz CT molecular complexity index is 477. The first kappa shape index (κ1) is 11.0. The van der Waals surface area contributed by atoms with Crippen LogP contribution in [-0.2, 0) is 4.75 Å². The predicted molar refractivity (Wildman–Crippen MR) is 68.5 cm³/mol. The molecular formula is C12H14FN3S. The van der Waals surface area contributed by atoms with Crippen LogP contribution in [0.1, 0.15) is 5.56 Å². The SMILES string of the molecule is NC1=NC[C@H]2CNC[C@]2(c2ccccc2F)S1. The van der Waals surface area contributed by atoms with Crippen molar-refractivity contribution >= 4 is 16.9 Å². The number of hydrogen-bond donors (Lipinski definition) is 2. The predicted octanol–water partition coefficient (Wildman–Crippen LogP) is 1.30. The van der Waals surface area contributed by atoms with Gasteiger partial charge in [0.1, 0.15) is 5.82 Å². The highest BCUT2D eigenvalue weighted by atomic mass is 32.2. The maximum absolute atomic E-state index is 14.0. The molecule has 2 aliphatic rings. The fourth-order valence-corrected chi connectivity index (χ4v) is 3.95. The Hall–Kier alpha value is -1.07. The summed E-state index contributed by atoms with van der Waals surface area (Å²) in [6.07, 6.45) is 0. The van der Waals surface area contributed by atoms with Crippen LogP contribution in [-0.4, -0.2) is 24.8 Å².